The van der Waals surface area contributed by atoms with Crippen LogP contribution in [0.25, 0.3) is 0 Å². The zero-order chi connectivity index (χ0) is 31.1. The van der Waals surface area contributed by atoms with Gasteiger partial charge in [-0.05, 0) is 62.6 Å². The molecule has 0 saturated carbocycles. The molecule has 1 atom stereocenters. The van der Waals surface area contributed by atoms with Gasteiger partial charge in [0.05, 0.1) is 11.9 Å². The van der Waals surface area contributed by atoms with Crippen molar-refractivity contribution in [3.05, 3.63) is 101 Å². The maximum absolute atomic E-state index is 13.9. The Morgan fingerprint density at radius 1 is 0.881 bits per heavy atom. The number of benzene rings is 3. The van der Waals surface area contributed by atoms with E-state index in [-0.39, 0.29) is 43.9 Å². The monoisotopic (exact) mass is 603 g/mol. The molecule has 0 radical (unpaired) electrons. The number of nitrogens with one attached hydrogen (secondary N) is 1. The maximum Gasteiger partial charge on any atom is 0.243 e. The van der Waals surface area contributed by atoms with Crippen LogP contribution in [-0.4, -0.2) is 49.5 Å². The minimum absolute atomic E-state index is 0.00708. The number of hydrogen-bond donors (Lipinski definition) is 1. The molecule has 2 amide bonds. The van der Waals surface area contributed by atoms with E-state index < -0.39 is 45.0 Å². The first-order chi connectivity index (χ1) is 19.6. The molecular formula is C31H36F3N3O4S. The molecule has 11 heteroatoms. The summed E-state index contributed by atoms with van der Waals surface area (Å²) in [6, 6.07) is 16.6. The Morgan fingerprint density at radius 2 is 1.52 bits per heavy atom. The van der Waals surface area contributed by atoms with Crippen molar-refractivity contribution in [3.8, 4) is 0 Å². The van der Waals surface area contributed by atoms with Gasteiger partial charge in [0.15, 0.2) is 11.6 Å². The van der Waals surface area contributed by atoms with E-state index in [1.807, 2.05) is 51.1 Å². The van der Waals surface area contributed by atoms with Crippen LogP contribution in [0.3, 0.4) is 0 Å². The van der Waals surface area contributed by atoms with Crippen molar-refractivity contribution < 1.29 is 31.2 Å². The highest BCUT2D eigenvalue weighted by molar-refractivity contribution is 7.92. The molecule has 0 aliphatic rings. The summed E-state index contributed by atoms with van der Waals surface area (Å²) in [5.74, 6) is -3.56. The molecule has 1 N–H and O–H groups in total. The molecule has 0 bridgehead atoms. The Balaban J connectivity index is 1.90. The molecule has 0 saturated heterocycles. The smallest absolute Gasteiger partial charge is 0.243 e. The lowest BCUT2D eigenvalue weighted by molar-refractivity contribution is -0.142. The predicted octanol–water partition coefficient (Wildman–Crippen LogP) is 5.20. The molecule has 3 aromatic carbocycles. The van der Waals surface area contributed by atoms with Crippen molar-refractivity contribution in [2.75, 3.05) is 17.1 Å². The van der Waals surface area contributed by atoms with Gasteiger partial charge >= 0.3 is 0 Å². The van der Waals surface area contributed by atoms with Crippen LogP contribution in [0.2, 0.25) is 0 Å². The van der Waals surface area contributed by atoms with E-state index in [1.54, 1.807) is 0 Å². The maximum atomic E-state index is 13.9. The van der Waals surface area contributed by atoms with Gasteiger partial charge in [-0.15, -0.1) is 0 Å². The van der Waals surface area contributed by atoms with Gasteiger partial charge in [0.1, 0.15) is 11.9 Å². The third-order valence-corrected chi connectivity index (χ3v) is 7.57. The van der Waals surface area contributed by atoms with Gasteiger partial charge in [0.25, 0.3) is 0 Å². The molecule has 0 spiro atoms. The SMILES string of the molecule is CC(C)(C)NC(=O)[C@H](Cc1ccccc1)N(Cc1ccc(F)cc1)C(=O)CCCN(c1ccc(F)c(F)c1)S(C)(=O)=O. The first-order valence-corrected chi connectivity index (χ1v) is 15.3. The summed E-state index contributed by atoms with van der Waals surface area (Å²) < 4.78 is 66.8. The average Bonchev–Trinajstić information content (AvgIpc) is 2.90. The summed E-state index contributed by atoms with van der Waals surface area (Å²) in [4.78, 5) is 28.8. The van der Waals surface area contributed by atoms with E-state index in [0.717, 1.165) is 34.3 Å². The highest BCUT2D eigenvalue weighted by Gasteiger charge is 2.32. The van der Waals surface area contributed by atoms with Gasteiger partial charge in [-0.2, -0.15) is 0 Å². The third kappa shape index (κ3) is 9.61. The summed E-state index contributed by atoms with van der Waals surface area (Å²) in [6.07, 6.45) is 1.03. The molecule has 0 unspecified atom stereocenters. The Bertz CT molecular complexity index is 1480. The van der Waals surface area contributed by atoms with E-state index in [2.05, 4.69) is 5.32 Å². The van der Waals surface area contributed by atoms with Crippen LogP contribution in [-0.2, 0) is 32.6 Å². The zero-order valence-electron chi connectivity index (χ0n) is 24.1. The van der Waals surface area contributed by atoms with E-state index in [9.17, 15) is 31.2 Å². The van der Waals surface area contributed by atoms with Crippen molar-refractivity contribution >= 4 is 27.5 Å². The lowest BCUT2D eigenvalue weighted by Gasteiger charge is -2.34. The van der Waals surface area contributed by atoms with Gasteiger partial charge in [-0.1, -0.05) is 42.5 Å². The first kappa shape index (κ1) is 32.7. The second kappa shape index (κ2) is 13.9. The molecule has 226 valence electrons. The average molecular weight is 604 g/mol. The summed E-state index contributed by atoms with van der Waals surface area (Å²) in [5.41, 5.74) is 0.770. The lowest BCUT2D eigenvalue weighted by atomic mass is 10.00. The van der Waals surface area contributed by atoms with Gasteiger partial charge in [-0.25, -0.2) is 21.6 Å². The standard InChI is InChI=1S/C31H36F3N3O4S/c1-31(2,3)35-30(39)28(19-22-9-6-5-7-10-22)36(21-23-12-14-24(32)15-13-23)29(38)11-8-18-37(42(4,40)41)25-16-17-26(33)27(34)20-25/h5-7,9-10,12-17,20,28H,8,11,18-19,21H2,1-4H3,(H,35,39)/t28-/m0/s1. The van der Waals surface area contributed by atoms with Crippen LogP contribution in [0.1, 0.15) is 44.7 Å². The molecule has 0 fully saturated rings. The van der Waals surface area contributed by atoms with Crippen LogP contribution < -0.4 is 9.62 Å². The fraction of sp³-hybridized carbons (Fsp3) is 0.355. The molecule has 0 aromatic heterocycles. The number of halogens is 3. The molecule has 42 heavy (non-hydrogen) atoms. The fourth-order valence-corrected chi connectivity index (χ4v) is 5.39. The summed E-state index contributed by atoms with van der Waals surface area (Å²) in [7, 11) is -3.89. The highest BCUT2D eigenvalue weighted by atomic mass is 32.2. The summed E-state index contributed by atoms with van der Waals surface area (Å²) in [6.45, 7) is 5.31. The Morgan fingerprint density at radius 3 is 2.10 bits per heavy atom. The Hall–Kier alpha value is -3.86. The van der Waals surface area contributed by atoms with Crippen molar-refractivity contribution in [2.45, 2.75) is 58.2 Å². The quantitative estimate of drug-likeness (QED) is 0.308. The third-order valence-electron chi connectivity index (χ3n) is 6.38. The van der Waals surface area contributed by atoms with Crippen LogP contribution in [0.4, 0.5) is 18.9 Å². The number of amides is 2. The van der Waals surface area contributed by atoms with E-state index in [4.69, 9.17) is 0 Å². The van der Waals surface area contributed by atoms with Gasteiger partial charge in [0, 0.05) is 37.5 Å². The normalized spacial score (nSPS) is 12.5. The second-order valence-electron chi connectivity index (χ2n) is 11.1. The predicted molar refractivity (Wildman–Crippen MR) is 157 cm³/mol. The van der Waals surface area contributed by atoms with Crippen molar-refractivity contribution in [3.63, 3.8) is 0 Å². The summed E-state index contributed by atoms with van der Waals surface area (Å²) >= 11 is 0. The van der Waals surface area contributed by atoms with E-state index in [0.29, 0.717) is 5.56 Å². The molecule has 7 nitrogen and oxygen atoms in total. The zero-order valence-corrected chi connectivity index (χ0v) is 24.9. The second-order valence-corrected chi connectivity index (χ2v) is 13.0. The Labute approximate surface area is 245 Å². The van der Waals surface area contributed by atoms with Crippen molar-refractivity contribution in [2.24, 2.45) is 0 Å². The number of sulfonamides is 1. The number of anilines is 1. The summed E-state index contributed by atoms with van der Waals surface area (Å²) in [5, 5.41) is 2.95. The highest BCUT2D eigenvalue weighted by Crippen LogP contribution is 2.22. The first-order valence-electron chi connectivity index (χ1n) is 13.5. The topological polar surface area (TPSA) is 86.8 Å². The number of hydrogen-bond acceptors (Lipinski definition) is 4. The van der Waals surface area contributed by atoms with E-state index >= 15 is 0 Å². The number of rotatable bonds is 12. The van der Waals surface area contributed by atoms with Gasteiger partial charge < -0.3 is 10.2 Å². The van der Waals surface area contributed by atoms with Crippen molar-refractivity contribution in [1.82, 2.24) is 10.2 Å². The Kier molecular flexibility index (Phi) is 10.8. The number of nitrogens with zero attached hydrogens (tertiary/aromatic N) is 2. The molecule has 3 rings (SSSR count). The molecule has 0 heterocycles. The van der Waals surface area contributed by atoms with Crippen LogP contribution in [0, 0.1) is 17.5 Å². The van der Waals surface area contributed by atoms with Gasteiger partial charge in [-0.3, -0.25) is 13.9 Å². The molecule has 3 aromatic rings. The lowest BCUT2D eigenvalue weighted by Crippen LogP contribution is -2.54. The molecular weight excluding hydrogens is 567 g/mol. The number of carbonyl (C=O) groups excluding carboxylic acids is 2. The van der Waals surface area contributed by atoms with Crippen LogP contribution in [0.15, 0.2) is 72.8 Å². The molecule has 0 aliphatic carbocycles. The minimum Gasteiger partial charge on any atom is -0.350 e. The van der Waals surface area contributed by atoms with Crippen LogP contribution in [0.5, 0.6) is 0 Å². The van der Waals surface area contributed by atoms with E-state index in [1.165, 1.54) is 29.2 Å². The number of carbonyl (C=O) groups is 2. The van der Waals surface area contributed by atoms with Gasteiger partial charge in [0.2, 0.25) is 21.8 Å². The van der Waals surface area contributed by atoms with Crippen LogP contribution >= 0.6 is 0 Å². The largest absolute Gasteiger partial charge is 0.350 e. The molecule has 0 aliphatic heterocycles. The fourth-order valence-electron chi connectivity index (χ4n) is 4.44. The van der Waals surface area contributed by atoms with Crippen molar-refractivity contribution in [1.29, 1.82) is 0 Å². The minimum atomic E-state index is -3.89.